The number of aromatic nitrogens is 4. The number of hydrogen-bond acceptors (Lipinski definition) is 3. The molecule has 5 heteroatoms. The lowest BCUT2D eigenvalue weighted by molar-refractivity contribution is 0.918. The summed E-state index contributed by atoms with van der Waals surface area (Å²) >= 11 is 5.79. The van der Waals surface area contributed by atoms with Crippen LogP contribution >= 0.6 is 11.6 Å². The Morgan fingerprint density at radius 1 is 1.38 bits per heavy atom. The van der Waals surface area contributed by atoms with E-state index >= 15 is 0 Å². The summed E-state index contributed by atoms with van der Waals surface area (Å²) in [6.07, 6.45) is 4.92. The van der Waals surface area contributed by atoms with E-state index in [0.29, 0.717) is 5.02 Å². The van der Waals surface area contributed by atoms with E-state index in [1.807, 2.05) is 11.6 Å². The van der Waals surface area contributed by atoms with Gasteiger partial charge in [-0.25, -0.2) is 0 Å². The summed E-state index contributed by atoms with van der Waals surface area (Å²) in [5, 5.41) is 8.31. The molecule has 0 unspecified atom stereocenters. The van der Waals surface area contributed by atoms with Crippen LogP contribution in [0.2, 0.25) is 5.02 Å². The Labute approximate surface area is 80.2 Å². The number of rotatable bonds is 1. The van der Waals surface area contributed by atoms with Crippen molar-refractivity contribution in [3.8, 4) is 11.4 Å². The Hall–Kier alpha value is -1.42. The standard InChI is InChI=1S/C8H7ClN4/c1-13-5-11-12-8(13)6-2-7(9)4-10-3-6/h2-5H,1H3. The van der Waals surface area contributed by atoms with Crippen LogP contribution in [0.3, 0.4) is 0 Å². The Balaban J connectivity index is 2.53. The minimum absolute atomic E-state index is 0.598. The number of pyridine rings is 1. The Kier molecular flexibility index (Phi) is 1.98. The van der Waals surface area contributed by atoms with E-state index < -0.39 is 0 Å². The van der Waals surface area contributed by atoms with Crippen LogP contribution in [0.25, 0.3) is 11.4 Å². The fraction of sp³-hybridized carbons (Fsp3) is 0.125. The van der Waals surface area contributed by atoms with Gasteiger partial charge >= 0.3 is 0 Å². The fourth-order valence-corrected chi connectivity index (χ4v) is 1.25. The van der Waals surface area contributed by atoms with Crippen molar-refractivity contribution >= 4 is 11.6 Å². The van der Waals surface area contributed by atoms with Crippen LogP contribution < -0.4 is 0 Å². The van der Waals surface area contributed by atoms with Gasteiger partial charge in [0, 0.05) is 25.0 Å². The molecule has 0 bridgehead atoms. The third-order valence-corrected chi connectivity index (χ3v) is 1.88. The second kappa shape index (κ2) is 3.14. The Morgan fingerprint density at radius 2 is 2.23 bits per heavy atom. The lowest BCUT2D eigenvalue weighted by atomic mass is 10.3. The lowest BCUT2D eigenvalue weighted by Gasteiger charge is -1.98. The number of halogens is 1. The molecule has 0 aliphatic heterocycles. The van der Waals surface area contributed by atoms with E-state index in [2.05, 4.69) is 15.2 Å². The molecule has 0 amide bonds. The topological polar surface area (TPSA) is 43.6 Å². The van der Waals surface area contributed by atoms with E-state index in [-0.39, 0.29) is 0 Å². The molecule has 0 radical (unpaired) electrons. The molecule has 2 aromatic rings. The molecule has 2 heterocycles. The van der Waals surface area contributed by atoms with Gasteiger partial charge in [0.15, 0.2) is 5.82 Å². The van der Waals surface area contributed by atoms with Crippen LogP contribution in [0.4, 0.5) is 0 Å². The lowest BCUT2D eigenvalue weighted by Crippen LogP contribution is -1.91. The van der Waals surface area contributed by atoms with E-state index in [1.165, 1.54) is 0 Å². The fourth-order valence-electron chi connectivity index (χ4n) is 1.08. The molecule has 2 rings (SSSR count). The van der Waals surface area contributed by atoms with Crippen molar-refractivity contribution in [2.45, 2.75) is 0 Å². The van der Waals surface area contributed by atoms with Crippen LogP contribution in [0.15, 0.2) is 24.8 Å². The van der Waals surface area contributed by atoms with Crippen molar-refractivity contribution in [1.29, 1.82) is 0 Å². The van der Waals surface area contributed by atoms with Crippen LogP contribution in [-0.2, 0) is 7.05 Å². The maximum absolute atomic E-state index is 5.79. The van der Waals surface area contributed by atoms with Gasteiger partial charge in [0.1, 0.15) is 6.33 Å². The second-order valence-corrected chi connectivity index (χ2v) is 3.09. The summed E-state index contributed by atoms with van der Waals surface area (Å²) in [6, 6.07) is 1.80. The first-order valence-corrected chi connectivity index (χ1v) is 4.10. The zero-order valence-corrected chi connectivity index (χ0v) is 7.73. The average Bonchev–Trinajstić information content (AvgIpc) is 2.51. The predicted molar refractivity (Wildman–Crippen MR) is 49.2 cm³/mol. The highest BCUT2D eigenvalue weighted by atomic mass is 35.5. The second-order valence-electron chi connectivity index (χ2n) is 2.66. The minimum Gasteiger partial charge on any atom is -0.317 e. The third-order valence-electron chi connectivity index (χ3n) is 1.67. The van der Waals surface area contributed by atoms with Gasteiger partial charge in [-0.1, -0.05) is 11.6 Å². The maximum atomic E-state index is 5.79. The van der Waals surface area contributed by atoms with Gasteiger partial charge in [0.05, 0.1) is 5.02 Å². The Morgan fingerprint density at radius 3 is 2.85 bits per heavy atom. The predicted octanol–water partition coefficient (Wildman–Crippen LogP) is 1.53. The van der Waals surface area contributed by atoms with Crippen LogP contribution in [0.1, 0.15) is 0 Å². The largest absolute Gasteiger partial charge is 0.317 e. The molecule has 2 aromatic heterocycles. The Bertz CT molecular complexity index is 424. The summed E-state index contributed by atoms with van der Waals surface area (Å²) in [5.41, 5.74) is 0.868. The maximum Gasteiger partial charge on any atom is 0.165 e. The highest BCUT2D eigenvalue weighted by Gasteiger charge is 2.04. The van der Waals surface area contributed by atoms with E-state index in [4.69, 9.17) is 11.6 Å². The smallest absolute Gasteiger partial charge is 0.165 e. The van der Waals surface area contributed by atoms with Crippen molar-refractivity contribution in [2.24, 2.45) is 7.05 Å². The van der Waals surface area contributed by atoms with Gasteiger partial charge in [-0.2, -0.15) is 0 Å². The molecule has 4 nitrogen and oxygen atoms in total. The number of hydrogen-bond donors (Lipinski definition) is 0. The van der Waals surface area contributed by atoms with Crippen LogP contribution in [0.5, 0.6) is 0 Å². The molecule has 0 aliphatic carbocycles. The third kappa shape index (κ3) is 1.53. The van der Waals surface area contributed by atoms with Crippen LogP contribution in [0, 0.1) is 0 Å². The van der Waals surface area contributed by atoms with Crippen molar-refractivity contribution in [3.05, 3.63) is 29.8 Å². The SMILES string of the molecule is Cn1cnnc1-c1cncc(Cl)c1. The highest BCUT2D eigenvalue weighted by molar-refractivity contribution is 6.30. The first kappa shape index (κ1) is 8.19. The average molecular weight is 195 g/mol. The molecule has 0 spiro atoms. The normalized spacial score (nSPS) is 10.3. The number of nitrogens with zero attached hydrogens (tertiary/aromatic N) is 4. The molecule has 0 saturated carbocycles. The first-order valence-electron chi connectivity index (χ1n) is 3.72. The molecule has 0 N–H and O–H groups in total. The van der Waals surface area contributed by atoms with Crippen LogP contribution in [-0.4, -0.2) is 19.7 Å². The first-order chi connectivity index (χ1) is 6.27. The summed E-state index contributed by atoms with van der Waals surface area (Å²) in [7, 11) is 1.87. The van der Waals surface area contributed by atoms with Gasteiger partial charge in [-0.05, 0) is 6.07 Å². The quantitative estimate of drug-likeness (QED) is 0.692. The van der Waals surface area contributed by atoms with Crippen molar-refractivity contribution in [2.75, 3.05) is 0 Å². The van der Waals surface area contributed by atoms with Crippen molar-refractivity contribution in [3.63, 3.8) is 0 Å². The number of aryl methyl sites for hydroxylation is 1. The summed E-state index contributed by atoms with van der Waals surface area (Å²) in [5.74, 6) is 0.759. The van der Waals surface area contributed by atoms with Gasteiger partial charge in [0.25, 0.3) is 0 Å². The van der Waals surface area contributed by atoms with Crippen molar-refractivity contribution in [1.82, 2.24) is 19.7 Å². The van der Waals surface area contributed by atoms with E-state index in [0.717, 1.165) is 11.4 Å². The monoisotopic (exact) mass is 194 g/mol. The molecule has 0 fully saturated rings. The summed E-state index contributed by atoms with van der Waals surface area (Å²) in [4.78, 5) is 3.97. The molecule has 0 saturated heterocycles. The zero-order chi connectivity index (χ0) is 9.26. The van der Waals surface area contributed by atoms with E-state index in [9.17, 15) is 0 Å². The van der Waals surface area contributed by atoms with Gasteiger partial charge in [0.2, 0.25) is 0 Å². The van der Waals surface area contributed by atoms with Gasteiger partial charge < -0.3 is 4.57 Å². The van der Waals surface area contributed by atoms with Crippen molar-refractivity contribution < 1.29 is 0 Å². The molecule has 13 heavy (non-hydrogen) atoms. The van der Waals surface area contributed by atoms with E-state index in [1.54, 1.807) is 24.8 Å². The minimum atomic E-state index is 0.598. The van der Waals surface area contributed by atoms with Gasteiger partial charge in [-0.15, -0.1) is 10.2 Å². The molecule has 66 valence electrons. The summed E-state index contributed by atoms with van der Waals surface area (Å²) in [6.45, 7) is 0. The molecule has 0 aromatic carbocycles. The molecular weight excluding hydrogens is 188 g/mol. The van der Waals surface area contributed by atoms with Gasteiger partial charge in [-0.3, -0.25) is 4.98 Å². The molecule has 0 aliphatic rings. The summed E-state index contributed by atoms with van der Waals surface area (Å²) < 4.78 is 1.81. The molecule has 0 atom stereocenters. The molecular formula is C8H7ClN4. The highest BCUT2D eigenvalue weighted by Crippen LogP contribution is 2.17. The zero-order valence-electron chi connectivity index (χ0n) is 6.98.